The summed E-state index contributed by atoms with van der Waals surface area (Å²) in [4.78, 5) is 12.2. The maximum atomic E-state index is 12.8. The Balaban J connectivity index is 2.01. The SMILES string of the molecule is COc1ccc(NC(=O)[C@H](C)Oc2ccc(F)cc2)cc1OC. The zero-order chi connectivity index (χ0) is 16.8. The van der Waals surface area contributed by atoms with Crippen LogP contribution in [0.2, 0.25) is 0 Å². The van der Waals surface area contributed by atoms with E-state index < -0.39 is 6.10 Å². The molecule has 23 heavy (non-hydrogen) atoms. The highest BCUT2D eigenvalue weighted by atomic mass is 19.1. The van der Waals surface area contributed by atoms with Crippen LogP contribution in [-0.2, 0) is 4.79 Å². The normalized spacial score (nSPS) is 11.5. The molecule has 1 atom stereocenters. The Kier molecular flexibility index (Phi) is 5.41. The van der Waals surface area contributed by atoms with E-state index in [2.05, 4.69) is 5.32 Å². The van der Waals surface area contributed by atoms with E-state index in [9.17, 15) is 9.18 Å². The number of carbonyl (C=O) groups excluding carboxylic acids is 1. The quantitative estimate of drug-likeness (QED) is 0.888. The van der Waals surface area contributed by atoms with E-state index in [4.69, 9.17) is 14.2 Å². The average Bonchev–Trinajstić information content (AvgIpc) is 2.56. The lowest BCUT2D eigenvalue weighted by molar-refractivity contribution is -0.122. The van der Waals surface area contributed by atoms with Crippen LogP contribution in [0, 0.1) is 5.82 Å². The van der Waals surface area contributed by atoms with Crippen molar-refractivity contribution in [2.45, 2.75) is 13.0 Å². The van der Waals surface area contributed by atoms with Crippen LogP contribution in [0.4, 0.5) is 10.1 Å². The van der Waals surface area contributed by atoms with Crippen molar-refractivity contribution in [3.63, 3.8) is 0 Å². The predicted molar refractivity (Wildman–Crippen MR) is 84.7 cm³/mol. The van der Waals surface area contributed by atoms with E-state index in [1.54, 1.807) is 25.1 Å². The first-order valence-electron chi connectivity index (χ1n) is 6.98. The van der Waals surface area contributed by atoms with E-state index >= 15 is 0 Å². The summed E-state index contributed by atoms with van der Waals surface area (Å²) >= 11 is 0. The first kappa shape index (κ1) is 16.6. The fourth-order valence-electron chi connectivity index (χ4n) is 1.93. The molecule has 5 nitrogen and oxygen atoms in total. The fraction of sp³-hybridized carbons (Fsp3) is 0.235. The molecule has 0 saturated heterocycles. The maximum Gasteiger partial charge on any atom is 0.265 e. The third kappa shape index (κ3) is 4.35. The second-order valence-electron chi connectivity index (χ2n) is 4.77. The molecular formula is C17H18FNO4. The number of methoxy groups -OCH3 is 2. The summed E-state index contributed by atoms with van der Waals surface area (Å²) in [6.45, 7) is 1.61. The molecule has 0 heterocycles. The predicted octanol–water partition coefficient (Wildman–Crippen LogP) is 3.25. The van der Waals surface area contributed by atoms with E-state index in [1.807, 2.05) is 0 Å². The zero-order valence-corrected chi connectivity index (χ0v) is 13.1. The van der Waals surface area contributed by atoms with Crippen molar-refractivity contribution in [1.82, 2.24) is 0 Å². The minimum absolute atomic E-state index is 0.332. The topological polar surface area (TPSA) is 56.8 Å². The van der Waals surface area contributed by atoms with Crippen molar-refractivity contribution in [2.75, 3.05) is 19.5 Å². The molecule has 0 unspecified atom stereocenters. The van der Waals surface area contributed by atoms with Gasteiger partial charge in [0.05, 0.1) is 14.2 Å². The van der Waals surface area contributed by atoms with Gasteiger partial charge in [0, 0.05) is 11.8 Å². The van der Waals surface area contributed by atoms with Crippen molar-refractivity contribution < 1.29 is 23.4 Å². The maximum absolute atomic E-state index is 12.8. The minimum Gasteiger partial charge on any atom is -0.493 e. The number of benzene rings is 2. The molecule has 0 aromatic heterocycles. The summed E-state index contributed by atoms with van der Waals surface area (Å²) < 4.78 is 28.6. The first-order valence-corrected chi connectivity index (χ1v) is 6.98. The van der Waals surface area contributed by atoms with E-state index in [-0.39, 0.29) is 11.7 Å². The van der Waals surface area contributed by atoms with Crippen LogP contribution >= 0.6 is 0 Å². The lowest BCUT2D eigenvalue weighted by atomic mass is 10.2. The lowest BCUT2D eigenvalue weighted by Gasteiger charge is -2.15. The molecule has 0 spiro atoms. The van der Waals surface area contributed by atoms with Gasteiger partial charge in [-0.1, -0.05) is 0 Å². The highest BCUT2D eigenvalue weighted by Crippen LogP contribution is 2.29. The molecule has 0 bridgehead atoms. The third-order valence-corrected chi connectivity index (χ3v) is 3.15. The summed E-state index contributed by atoms with van der Waals surface area (Å²) in [7, 11) is 3.05. The molecule has 2 aromatic rings. The highest BCUT2D eigenvalue weighted by Gasteiger charge is 2.16. The van der Waals surface area contributed by atoms with Gasteiger partial charge in [-0.2, -0.15) is 0 Å². The van der Waals surface area contributed by atoms with Gasteiger partial charge in [-0.05, 0) is 43.3 Å². The third-order valence-electron chi connectivity index (χ3n) is 3.15. The number of ether oxygens (including phenoxy) is 3. The van der Waals surface area contributed by atoms with Crippen LogP contribution in [0.3, 0.4) is 0 Å². The summed E-state index contributed by atoms with van der Waals surface area (Å²) in [5.74, 6) is 0.807. The Labute approximate surface area is 134 Å². The van der Waals surface area contributed by atoms with Gasteiger partial charge in [0.25, 0.3) is 5.91 Å². The number of rotatable bonds is 6. The van der Waals surface area contributed by atoms with Crippen LogP contribution < -0.4 is 19.5 Å². The largest absolute Gasteiger partial charge is 0.493 e. The Morgan fingerprint density at radius 1 is 1.04 bits per heavy atom. The van der Waals surface area contributed by atoms with Crippen molar-refractivity contribution in [1.29, 1.82) is 0 Å². The molecule has 0 aliphatic heterocycles. The molecule has 2 rings (SSSR count). The average molecular weight is 319 g/mol. The number of nitrogens with one attached hydrogen (secondary N) is 1. The zero-order valence-electron chi connectivity index (χ0n) is 13.1. The monoisotopic (exact) mass is 319 g/mol. The Morgan fingerprint density at radius 3 is 2.30 bits per heavy atom. The Bertz CT molecular complexity index is 673. The summed E-state index contributed by atoms with van der Waals surface area (Å²) in [6, 6.07) is 10.5. The van der Waals surface area contributed by atoms with E-state index in [0.717, 1.165) is 0 Å². The van der Waals surface area contributed by atoms with Crippen LogP contribution in [0.25, 0.3) is 0 Å². The number of amides is 1. The molecule has 6 heteroatoms. The van der Waals surface area contributed by atoms with Crippen LogP contribution in [0.1, 0.15) is 6.92 Å². The highest BCUT2D eigenvalue weighted by molar-refractivity contribution is 5.94. The summed E-state index contributed by atoms with van der Waals surface area (Å²) in [5, 5.41) is 2.73. The van der Waals surface area contributed by atoms with Crippen molar-refractivity contribution in [3.05, 3.63) is 48.3 Å². The Morgan fingerprint density at radius 2 is 1.70 bits per heavy atom. The molecule has 0 saturated carbocycles. The van der Waals surface area contributed by atoms with E-state index in [0.29, 0.717) is 22.9 Å². The van der Waals surface area contributed by atoms with E-state index in [1.165, 1.54) is 38.5 Å². The van der Waals surface area contributed by atoms with Gasteiger partial charge in [-0.3, -0.25) is 4.79 Å². The van der Waals surface area contributed by atoms with Gasteiger partial charge in [0.15, 0.2) is 17.6 Å². The van der Waals surface area contributed by atoms with Gasteiger partial charge >= 0.3 is 0 Å². The molecular weight excluding hydrogens is 301 g/mol. The number of carbonyl (C=O) groups is 1. The smallest absolute Gasteiger partial charge is 0.265 e. The molecule has 0 fully saturated rings. The number of hydrogen-bond donors (Lipinski definition) is 1. The van der Waals surface area contributed by atoms with Crippen molar-refractivity contribution in [3.8, 4) is 17.2 Å². The molecule has 122 valence electrons. The molecule has 0 radical (unpaired) electrons. The van der Waals surface area contributed by atoms with Gasteiger partial charge in [0.2, 0.25) is 0 Å². The minimum atomic E-state index is -0.742. The first-order chi connectivity index (χ1) is 11.0. The van der Waals surface area contributed by atoms with Gasteiger partial charge in [-0.15, -0.1) is 0 Å². The number of hydrogen-bond acceptors (Lipinski definition) is 4. The van der Waals surface area contributed by atoms with Crippen LogP contribution in [0.5, 0.6) is 17.2 Å². The second-order valence-corrected chi connectivity index (χ2v) is 4.77. The molecule has 1 amide bonds. The standard InChI is InChI=1S/C17H18FNO4/c1-11(23-14-7-4-12(18)5-8-14)17(20)19-13-6-9-15(21-2)16(10-13)22-3/h4-11H,1-3H3,(H,19,20)/t11-/m0/s1. The number of anilines is 1. The Hall–Kier alpha value is -2.76. The molecule has 1 N–H and O–H groups in total. The second kappa shape index (κ2) is 7.49. The van der Waals surface area contributed by atoms with Crippen molar-refractivity contribution >= 4 is 11.6 Å². The van der Waals surface area contributed by atoms with Gasteiger partial charge in [0.1, 0.15) is 11.6 Å². The number of halogens is 1. The molecule has 0 aliphatic rings. The summed E-state index contributed by atoms with van der Waals surface area (Å²) in [6.07, 6.45) is -0.742. The van der Waals surface area contributed by atoms with Crippen molar-refractivity contribution in [2.24, 2.45) is 0 Å². The fourth-order valence-corrected chi connectivity index (χ4v) is 1.93. The van der Waals surface area contributed by atoms with Gasteiger partial charge < -0.3 is 19.5 Å². The molecule has 2 aromatic carbocycles. The lowest BCUT2D eigenvalue weighted by Crippen LogP contribution is -2.30. The van der Waals surface area contributed by atoms with Gasteiger partial charge in [-0.25, -0.2) is 4.39 Å². The summed E-state index contributed by atoms with van der Waals surface area (Å²) in [5.41, 5.74) is 0.558. The molecule has 0 aliphatic carbocycles. The van der Waals surface area contributed by atoms with Crippen LogP contribution in [0.15, 0.2) is 42.5 Å². The van der Waals surface area contributed by atoms with Crippen LogP contribution in [-0.4, -0.2) is 26.2 Å².